The molecule has 0 saturated carbocycles. The summed E-state index contributed by atoms with van der Waals surface area (Å²) in [4.78, 5) is 28.5. The Morgan fingerprint density at radius 2 is 1.95 bits per heavy atom. The topological polar surface area (TPSA) is 78.8 Å². The van der Waals surface area contributed by atoms with Gasteiger partial charge in [0, 0.05) is 17.2 Å². The summed E-state index contributed by atoms with van der Waals surface area (Å²) in [5.41, 5.74) is 1.55. The van der Waals surface area contributed by atoms with Crippen molar-refractivity contribution in [2.75, 3.05) is 13.1 Å². The zero-order chi connectivity index (χ0) is 14.1. The van der Waals surface area contributed by atoms with E-state index >= 15 is 0 Å². The number of nitrogens with one attached hydrogen (secondary N) is 1. The minimum Gasteiger partial charge on any atom is -0.480 e. The Morgan fingerprint density at radius 3 is 2.65 bits per heavy atom. The van der Waals surface area contributed by atoms with E-state index < -0.39 is 11.9 Å². The summed E-state index contributed by atoms with van der Waals surface area (Å²) in [6, 6.07) is 6.97. The van der Waals surface area contributed by atoms with Crippen LogP contribution in [0.4, 0.5) is 5.69 Å². The van der Waals surface area contributed by atoms with Gasteiger partial charge >= 0.3 is 5.97 Å². The summed E-state index contributed by atoms with van der Waals surface area (Å²) < 4.78 is 0. The van der Waals surface area contributed by atoms with Crippen molar-refractivity contribution in [1.82, 2.24) is 5.32 Å². The van der Waals surface area contributed by atoms with Crippen molar-refractivity contribution in [3.8, 4) is 0 Å². The van der Waals surface area contributed by atoms with Crippen molar-refractivity contribution in [3.63, 3.8) is 0 Å². The predicted molar refractivity (Wildman–Crippen MR) is 74.6 cm³/mol. The molecular weight excluding hydrogens is 256 g/mol. The first-order chi connectivity index (χ1) is 9.68. The molecule has 0 bridgehead atoms. The van der Waals surface area contributed by atoms with Gasteiger partial charge in [0.1, 0.15) is 0 Å². The average molecular weight is 272 g/mol. The van der Waals surface area contributed by atoms with Gasteiger partial charge in [-0.3, -0.25) is 14.6 Å². The van der Waals surface area contributed by atoms with Crippen LogP contribution in [0.1, 0.15) is 23.2 Å². The normalized spacial score (nSPS) is 23.1. The number of carboxylic acid groups (broad SMARTS) is 1. The third-order valence-electron chi connectivity index (χ3n) is 3.98. The number of hydrogen-bond acceptors (Lipinski definition) is 4. The molecule has 0 spiro atoms. The lowest BCUT2D eigenvalue weighted by molar-refractivity contribution is -0.138. The molecule has 1 atom stereocenters. The second-order valence-electron chi connectivity index (χ2n) is 5.21. The molecule has 2 heterocycles. The first kappa shape index (κ1) is 13.0. The highest BCUT2D eigenvalue weighted by molar-refractivity contribution is 6.27. The lowest BCUT2D eigenvalue weighted by Crippen LogP contribution is -2.42. The molecule has 2 aliphatic rings. The Labute approximate surface area is 116 Å². The van der Waals surface area contributed by atoms with E-state index in [1.807, 2.05) is 6.07 Å². The molecule has 1 unspecified atom stereocenters. The van der Waals surface area contributed by atoms with Gasteiger partial charge in [-0.15, -0.1) is 0 Å². The number of carbonyl (C=O) groups is 2. The van der Waals surface area contributed by atoms with Crippen molar-refractivity contribution >= 4 is 23.2 Å². The predicted octanol–water partition coefficient (Wildman–Crippen LogP) is 1.66. The molecule has 3 rings (SSSR count). The van der Waals surface area contributed by atoms with Crippen LogP contribution in [-0.2, 0) is 4.79 Å². The number of aliphatic carboxylic acids is 1. The molecule has 1 saturated heterocycles. The molecule has 0 aromatic heterocycles. The monoisotopic (exact) mass is 272 g/mol. The Kier molecular flexibility index (Phi) is 3.36. The zero-order valence-corrected chi connectivity index (χ0v) is 11.0. The first-order valence-corrected chi connectivity index (χ1v) is 6.83. The smallest absolute Gasteiger partial charge is 0.320 e. The number of para-hydroxylation sites is 1. The lowest BCUT2D eigenvalue weighted by Gasteiger charge is -2.29. The third kappa shape index (κ3) is 2.14. The van der Waals surface area contributed by atoms with E-state index in [2.05, 4.69) is 10.3 Å². The first-order valence-electron chi connectivity index (χ1n) is 6.83. The highest BCUT2D eigenvalue weighted by Crippen LogP contribution is 2.33. The molecule has 1 fully saturated rings. The van der Waals surface area contributed by atoms with Crippen LogP contribution in [0.2, 0.25) is 0 Å². The number of aliphatic imine (C=N–C) groups is 1. The Hall–Kier alpha value is -2.01. The minimum absolute atomic E-state index is 0.0784. The van der Waals surface area contributed by atoms with Crippen molar-refractivity contribution < 1.29 is 14.7 Å². The fourth-order valence-electron chi connectivity index (χ4n) is 2.96. The van der Waals surface area contributed by atoms with Crippen LogP contribution in [0, 0.1) is 11.8 Å². The number of fused-ring (bicyclic) bond motifs is 1. The fraction of sp³-hybridized carbons (Fsp3) is 0.400. The van der Waals surface area contributed by atoms with Gasteiger partial charge < -0.3 is 10.4 Å². The van der Waals surface area contributed by atoms with E-state index in [4.69, 9.17) is 0 Å². The molecule has 1 aromatic carbocycles. The van der Waals surface area contributed by atoms with Gasteiger partial charge in [-0.05, 0) is 38.1 Å². The number of carboxylic acids is 1. The van der Waals surface area contributed by atoms with Crippen LogP contribution in [-0.4, -0.2) is 35.7 Å². The summed E-state index contributed by atoms with van der Waals surface area (Å²) in [5.74, 6) is -2.47. The van der Waals surface area contributed by atoms with Gasteiger partial charge in [0.15, 0.2) is 11.7 Å². The van der Waals surface area contributed by atoms with E-state index in [9.17, 15) is 14.7 Å². The van der Waals surface area contributed by atoms with E-state index in [0.29, 0.717) is 17.0 Å². The molecule has 2 aliphatic heterocycles. The Morgan fingerprint density at radius 1 is 1.25 bits per heavy atom. The van der Waals surface area contributed by atoms with Gasteiger partial charge in [0.05, 0.1) is 5.69 Å². The van der Waals surface area contributed by atoms with Crippen LogP contribution in [0.15, 0.2) is 29.3 Å². The summed E-state index contributed by atoms with van der Waals surface area (Å²) >= 11 is 0. The molecule has 1 aromatic rings. The SMILES string of the molecule is O=C(O)C1C(=O)c2ccccc2N=C1C1CCNCC1. The van der Waals surface area contributed by atoms with Crippen molar-refractivity contribution in [2.45, 2.75) is 12.8 Å². The van der Waals surface area contributed by atoms with Crippen molar-refractivity contribution in [1.29, 1.82) is 0 Å². The average Bonchev–Trinajstić information content (AvgIpc) is 2.47. The molecule has 20 heavy (non-hydrogen) atoms. The third-order valence-corrected chi connectivity index (χ3v) is 3.98. The second kappa shape index (κ2) is 5.17. The number of Topliss-reactive ketones (excluding diaryl/α,β-unsaturated/α-hetero) is 1. The number of nitrogens with zero attached hydrogens (tertiary/aromatic N) is 1. The van der Waals surface area contributed by atoms with Crippen molar-refractivity contribution in [2.24, 2.45) is 16.8 Å². The van der Waals surface area contributed by atoms with Gasteiger partial charge in [-0.25, -0.2) is 0 Å². The maximum Gasteiger partial charge on any atom is 0.320 e. The zero-order valence-electron chi connectivity index (χ0n) is 11.0. The van der Waals surface area contributed by atoms with Crippen LogP contribution in [0.25, 0.3) is 0 Å². The summed E-state index contributed by atoms with van der Waals surface area (Å²) in [6.45, 7) is 1.68. The quantitative estimate of drug-likeness (QED) is 0.802. The summed E-state index contributed by atoms with van der Waals surface area (Å²) in [7, 11) is 0. The van der Waals surface area contributed by atoms with E-state index in [-0.39, 0.29) is 11.7 Å². The molecule has 0 aliphatic carbocycles. The van der Waals surface area contributed by atoms with Gasteiger partial charge in [-0.2, -0.15) is 0 Å². The highest BCUT2D eigenvalue weighted by Gasteiger charge is 2.40. The number of piperidine rings is 1. The molecule has 0 radical (unpaired) electrons. The van der Waals surface area contributed by atoms with Crippen LogP contribution >= 0.6 is 0 Å². The Balaban J connectivity index is 2.06. The molecule has 2 N–H and O–H groups in total. The standard InChI is InChI=1S/C15H16N2O3/c18-14-10-3-1-2-4-11(10)17-13(12(14)15(19)20)9-5-7-16-8-6-9/h1-4,9,12,16H,5-8H2,(H,19,20). The van der Waals surface area contributed by atoms with Crippen LogP contribution in [0.3, 0.4) is 0 Å². The highest BCUT2D eigenvalue weighted by atomic mass is 16.4. The van der Waals surface area contributed by atoms with Gasteiger partial charge in [0.25, 0.3) is 0 Å². The summed E-state index contributed by atoms with van der Waals surface area (Å²) in [6.07, 6.45) is 1.66. The van der Waals surface area contributed by atoms with Crippen LogP contribution < -0.4 is 5.32 Å². The summed E-state index contributed by atoms with van der Waals surface area (Å²) in [5, 5.41) is 12.7. The fourth-order valence-corrected chi connectivity index (χ4v) is 2.96. The number of hydrogen-bond donors (Lipinski definition) is 2. The van der Waals surface area contributed by atoms with E-state index in [1.165, 1.54) is 0 Å². The van der Waals surface area contributed by atoms with E-state index in [0.717, 1.165) is 25.9 Å². The molecule has 5 heteroatoms. The number of carbonyl (C=O) groups excluding carboxylic acids is 1. The van der Waals surface area contributed by atoms with Gasteiger partial charge in [0.2, 0.25) is 0 Å². The maximum atomic E-state index is 12.4. The maximum absolute atomic E-state index is 12.4. The molecule has 0 amide bonds. The molecule has 5 nitrogen and oxygen atoms in total. The van der Waals surface area contributed by atoms with E-state index in [1.54, 1.807) is 18.2 Å². The number of rotatable bonds is 2. The molecular formula is C15H16N2O3. The Bertz CT molecular complexity index is 589. The minimum atomic E-state index is -1.12. The van der Waals surface area contributed by atoms with Gasteiger partial charge in [-0.1, -0.05) is 12.1 Å². The van der Waals surface area contributed by atoms with Crippen molar-refractivity contribution in [3.05, 3.63) is 29.8 Å². The molecule has 104 valence electrons. The number of ketones is 1. The second-order valence-corrected chi connectivity index (χ2v) is 5.21. The lowest BCUT2D eigenvalue weighted by atomic mass is 9.80. The largest absolute Gasteiger partial charge is 0.480 e. The van der Waals surface area contributed by atoms with Crippen LogP contribution in [0.5, 0.6) is 0 Å². The number of benzene rings is 1.